The monoisotopic (exact) mass is 192 g/mol. The fourth-order valence-electron chi connectivity index (χ4n) is 0.611. The topological polar surface area (TPSA) is 3.24 Å². The molecule has 0 bridgehead atoms. The number of rotatable bonds is 4. The second kappa shape index (κ2) is 16.6. The molecule has 1 nitrogen and oxygen atoms in total. The van der Waals surface area contributed by atoms with Gasteiger partial charge in [-0.2, -0.15) is 0 Å². The Kier molecular flexibility index (Phi) is 33.9. The normalized spacial score (nSPS) is 7.64. The van der Waals surface area contributed by atoms with Gasteiger partial charge < -0.3 is 0 Å². The van der Waals surface area contributed by atoms with E-state index in [2.05, 4.69) is 13.8 Å². The minimum Gasteiger partial charge on any atom is -0.269 e. The number of hydrogen-bond donors (Lipinski definition) is 0. The zero-order valence-electron chi connectivity index (χ0n) is 6.91. The molecule has 1 radical (unpaired) electrons. The molecule has 0 spiro atoms. The second-order valence-electron chi connectivity index (χ2n) is 1.93. The van der Waals surface area contributed by atoms with E-state index in [1.54, 1.807) is 0 Å². The summed E-state index contributed by atoms with van der Waals surface area (Å²) in [6, 6.07) is 0. The van der Waals surface area contributed by atoms with Gasteiger partial charge in [0.15, 0.2) is 0 Å². The molecule has 0 aromatic heterocycles. The van der Waals surface area contributed by atoms with Crippen molar-refractivity contribution in [1.29, 1.82) is 0 Å². The molecule has 11 heavy (non-hydrogen) atoms. The molecule has 0 amide bonds. The summed E-state index contributed by atoms with van der Waals surface area (Å²) in [4.78, 5) is 0. The Bertz CT molecular complexity index is 51.1. The van der Waals surface area contributed by atoms with E-state index in [1.165, 1.54) is 12.8 Å². The van der Waals surface area contributed by atoms with Crippen LogP contribution < -0.4 is 0 Å². The lowest BCUT2D eigenvalue weighted by Gasteiger charge is -2.09. The average Bonchev–Trinajstić information content (AvgIpc) is 1.68. The van der Waals surface area contributed by atoms with E-state index in [4.69, 9.17) is 12.8 Å². The van der Waals surface area contributed by atoms with Crippen molar-refractivity contribution in [3.63, 3.8) is 0 Å². The first kappa shape index (κ1) is 22.5. The number of halogens is 3. The van der Waals surface area contributed by atoms with Gasteiger partial charge in [-0.3, -0.25) is 14.1 Å². The fourth-order valence-corrected chi connectivity index (χ4v) is 0.976. The van der Waals surface area contributed by atoms with Crippen LogP contribution in [0.4, 0.5) is 14.1 Å². The van der Waals surface area contributed by atoms with Gasteiger partial charge in [0.25, 0.3) is 0 Å². The first-order valence-electron chi connectivity index (χ1n) is 3.23. The standard InChI is InChI=1S/C6H14NS.3FH/c1-3-5-7(8)6-4-2;;;/h3-6H2,1-2H3;3*1H. The zero-order chi connectivity index (χ0) is 6.41. The van der Waals surface area contributed by atoms with Gasteiger partial charge in [0.1, 0.15) is 0 Å². The highest BCUT2D eigenvalue weighted by atomic mass is 32.1. The first-order chi connectivity index (χ1) is 3.81. The van der Waals surface area contributed by atoms with Crippen molar-refractivity contribution in [1.82, 2.24) is 4.31 Å². The van der Waals surface area contributed by atoms with E-state index < -0.39 is 0 Å². The smallest absolute Gasteiger partial charge is 0.00950 e. The molecule has 0 fully saturated rings. The van der Waals surface area contributed by atoms with Crippen molar-refractivity contribution in [2.24, 2.45) is 0 Å². The van der Waals surface area contributed by atoms with Crippen molar-refractivity contribution in [2.75, 3.05) is 13.1 Å². The minimum atomic E-state index is 0. The van der Waals surface area contributed by atoms with E-state index in [-0.39, 0.29) is 14.1 Å². The van der Waals surface area contributed by atoms with Gasteiger partial charge in [-0.25, -0.2) is 4.31 Å². The quantitative estimate of drug-likeness (QED) is 0.662. The molecular weight excluding hydrogens is 175 g/mol. The largest absolute Gasteiger partial charge is 0.269 e. The van der Waals surface area contributed by atoms with Gasteiger partial charge in [0.05, 0.1) is 0 Å². The Morgan fingerprint density at radius 3 is 1.36 bits per heavy atom. The highest BCUT2D eigenvalue weighted by Crippen LogP contribution is 1.95. The van der Waals surface area contributed by atoms with E-state index in [1.807, 2.05) is 4.31 Å². The molecule has 0 aliphatic rings. The SMILES string of the molecule is CCCN([S])CCC.F.F.F. The van der Waals surface area contributed by atoms with Crippen molar-refractivity contribution in [3.8, 4) is 0 Å². The molecule has 0 heterocycles. The van der Waals surface area contributed by atoms with Gasteiger partial charge in [-0.1, -0.05) is 13.8 Å². The molecule has 0 saturated carbocycles. The molecule has 0 aliphatic carbocycles. The van der Waals surface area contributed by atoms with Crippen molar-refractivity contribution < 1.29 is 14.1 Å². The van der Waals surface area contributed by atoms with E-state index in [0.717, 1.165) is 13.1 Å². The summed E-state index contributed by atoms with van der Waals surface area (Å²) >= 11 is 4.97. The molecule has 0 aliphatic heterocycles. The van der Waals surface area contributed by atoms with Gasteiger partial charge in [0, 0.05) is 25.9 Å². The van der Waals surface area contributed by atoms with E-state index in [0.29, 0.717) is 0 Å². The lowest BCUT2D eigenvalue weighted by Crippen LogP contribution is -2.13. The van der Waals surface area contributed by atoms with Gasteiger partial charge >= 0.3 is 0 Å². The van der Waals surface area contributed by atoms with Crippen LogP contribution in [0.25, 0.3) is 0 Å². The summed E-state index contributed by atoms with van der Waals surface area (Å²) in [5, 5.41) is 0. The third-order valence-corrected chi connectivity index (χ3v) is 1.31. The van der Waals surface area contributed by atoms with Gasteiger partial charge in [0.2, 0.25) is 0 Å². The predicted molar refractivity (Wildman–Crippen MR) is 47.3 cm³/mol. The molecule has 73 valence electrons. The lowest BCUT2D eigenvalue weighted by molar-refractivity contribution is 0.473. The zero-order valence-corrected chi connectivity index (χ0v) is 7.73. The summed E-state index contributed by atoms with van der Waals surface area (Å²) in [5.74, 6) is 0. The molecule has 5 heteroatoms. The Morgan fingerprint density at radius 2 is 1.18 bits per heavy atom. The molecule has 0 aromatic rings. The van der Waals surface area contributed by atoms with Crippen LogP contribution in [0.2, 0.25) is 0 Å². The van der Waals surface area contributed by atoms with Crippen LogP contribution in [0, 0.1) is 0 Å². The van der Waals surface area contributed by atoms with Crippen LogP contribution in [0.15, 0.2) is 0 Å². The Balaban J connectivity index is -0.0000000817. The molecular formula is C6H17F3NS. The Hall–Kier alpha value is 0.100. The summed E-state index contributed by atoms with van der Waals surface area (Å²) < 4.78 is 1.94. The minimum absolute atomic E-state index is 0. The maximum Gasteiger partial charge on any atom is 0.00950 e. The molecule has 0 aromatic carbocycles. The fraction of sp³-hybridized carbons (Fsp3) is 1.00. The summed E-state index contributed by atoms with van der Waals surface area (Å²) in [5.41, 5.74) is 0. The molecule has 0 saturated heterocycles. The maximum absolute atomic E-state index is 4.97. The highest BCUT2D eigenvalue weighted by Gasteiger charge is 1.92. The van der Waals surface area contributed by atoms with Crippen LogP contribution in [0.3, 0.4) is 0 Å². The Labute approximate surface area is 71.8 Å². The van der Waals surface area contributed by atoms with Crippen LogP contribution >= 0.6 is 12.8 Å². The highest BCUT2D eigenvalue weighted by molar-refractivity contribution is 7.77. The summed E-state index contributed by atoms with van der Waals surface area (Å²) in [7, 11) is 0. The third kappa shape index (κ3) is 17.8. The number of hydrogen-bond acceptors (Lipinski definition) is 1. The Morgan fingerprint density at radius 1 is 0.909 bits per heavy atom. The van der Waals surface area contributed by atoms with Crippen LogP contribution in [-0.4, -0.2) is 17.4 Å². The molecule has 0 N–H and O–H groups in total. The van der Waals surface area contributed by atoms with Crippen LogP contribution in [0.5, 0.6) is 0 Å². The van der Waals surface area contributed by atoms with Crippen LogP contribution in [-0.2, 0) is 0 Å². The lowest BCUT2D eigenvalue weighted by atomic mass is 10.4. The second-order valence-corrected chi connectivity index (χ2v) is 2.45. The average molecular weight is 192 g/mol. The van der Waals surface area contributed by atoms with Gasteiger partial charge in [-0.15, -0.1) is 0 Å². The third-order valence-electron chi connectivity index (χ3n) is 0.946. The first-order valence-corrected chi connectivity index (χ1v) is 3.59. The van der Waals surface area contributed by atoms with E-state index in [9.17, 15) is 0 Å². The van der Waals surface area contributed by atoms with E-state index >= 15 is 0 Å². The van der Waals surface area contributed by atoms with Crippen LogP contribution in [0.1, 0.15) is 26.7 Å². The van der Waals surface area contributed by atoms with Crippen molar-refractivity contribution in [3.05, 3.63) is 0 Å². The number of nitrogens with zero attached hydrogens (tertiary/aromatic N) is 1. The maximum atomic E-state index is 4.97. The van der Waals surface area contributed by atoms with Crippen molar-refractivity contribution >= 4 is 12.8 Å². The summed E-state index contributed by atoms with van der Waals surface area (Å²) in [6.07, 6.45) is 2.34. The molecule has 0 atom stereocenters. The molecule has 0 unspecified atom stereocenters. The summed E-state index contributed by atoms with van der Waals surface area (Å²) in [6.45, 7) is 6.41. The van der Waals surface area contributed by atoms with Crippen molar-refractivity contribution in [2.45, 2.75) is 26.7 Å². The molecule has 0 rings (SSSR count). The van der Waals surface area contributed by atoms with Gasteiger partial charge in [-0.05, 0) is 12.8 Å². The predicted octanol–water partition coefficient (Wildman–Crippen LogP) is 2.68.